The molecule has 1 aliphatic carbocycles. The van der Waals surface area contributed by atoms with E-state index in [1.807, 2.05) is 24.3 Å². The standard InChI is InChI=1S/C22H25NO4/c1-25-15-13-17-21(19(14-15)26-2)20-16(22(17)24)7-6-8-18(20)27-12-11-23-9-4-3-5-10-23/h6-8,13-14H,3-5,9-12H2,1-2H3. The van der Waals surface area contributed by atoms with Crippen molar-refractivity contribution in [3.63, 3.8) is 0 Å². The maximum atomic E-state index is 12.9. The average molecular weight is 367 g/mol. The summed E-state index contributed by atoms with van der Waals surface area (Å²) in [5, 5.41) is 0. The van der Waals surface area contributed by atoms with Gasteiger partial charge in [0, 0.05) is 34.9 Å². The Morgan fingerprint density at radius 1 is 0.926 bits per heavy atom. The van der Waals surface area contributed by atoms with Crippen molar-refractivity contribution in [3.05, 3.63) is 41.5 Å². The van der Waals surface area contributed by atoms with Gasteiger partial charge in [0.15, 0.2) is 5.78 Å². The Bertz CT molecular complexity index is 856. The number of ether oxygens (including phenoxy) is 3. The summed E-state index contributed by atoms with van der Waals surface area (Å²) in [5.41, 5.74) is 2.89. The molecule has 1 heterocycles. The van der Waals surface area contributed by atoms with Crippen molar-refractivity contribution in [2.75, 3.05) is 40.5 Å². The minimum Gasteiger partial charge on any atom is -0.497 e. The number of nitrogens with zero attached hydrogens (tertiary/aromatic N) is 1. The first-order chi connectivity index (χ1) is 13.2. The molecule has 1 fully saturated rings. The van der Waals surface area contributed by atoms with E-state index in [9.17, 15) is 4.79 Å². The molecule has 0 aromatic heterocycles. The number of hydrogen-bond acceptors (Lipinski definition) is 5. The maximum absolute atomic E-state index is 12.9. The van der Waals surface area contributed by atoms with Crippen molar-refractivity contribution in [2.24, 2.45) is 0 Å². The van der Waals surface area contributed by atoms with Crippen molar-refractivity contribution in [1.29, 1.82) is 0 Å². The third kappa shape index (κ3) is 3.28. The Labute approximate surface area is 159 Å². The summed E-state index contributed by atoms with van der Waals surface area (Å²) in [6.45, 7) is 3.80. The smallest absolute Gasteiger partial charge is 0.194 e. The van der Waals surface area contributed by atoms with Gasteiger partial charge in [0.2, 0.25) is 0 Å². The van der Waals surface area contributed by atoms with E-state index in [1.165, 1.54) is 19.3 Å². The summed E-state index contributed by atoms with van der Waals surface area (Å²) in [5.74, 6) is 1.96. The fraction of sp³-hybridized carbons (Fsp3) is 0.409. The molecule has 4 rings (SSSR count). The molecule has 2 aromatic rings. The van der Waals surface area contributed by atoms with E-state index in [2.05, 4.69) is 4.90 Å². The van der Waals surface area contributed by atoms with Crippen LogP contribution in [0.25, 0.3) is 11.1 Å². The highest BCUT2D eigenvalue weighted by atomic mass is 16.5. The van der Waals surface area contributed by atoms with Gasteiger partial charge in [0.05, 0.1) is 14.2 Å². The first-order valence-corrected chi connectivity index (χ1v) is 9.52. The fourth-order valence-corrected chi connectivity index (χ4v) is 4.02. The van der Waals surface area contributed by atoms with Gasteiger partial charge in [-0.05, 0) is 38.1 Å². The Morgan fingerprint density at radius 3 is 2.44 bits per heavy atom. The average Bonchev–Trinajstić information content (AvgIpc) is 3.01. The predicted octanol–water partition coefficient (Wildman–Crippen LogP) is 3.78. The number of likely N-dealkylation sites (tertiary alicyclic amines) is 1. The lowest BCUT2D eigenvalue weighted by Crippen LogP contribution is -2.33. The van der Waals surface area contributed by atoms with Gasteiger partial charge in [-0.25, -0.2) is 0 Å². The summed E-state index contributed by atoms with van der Waals surface area (Å²) in [6.07, 6.45) is 3.86. The molecule has 0 radical (unpaired) electrons. The third-order valence-electron chi connectivity index (χ3n) is 5.41. The fourth-order valence-electron chi connectivity index (χ4n) is 4.02. The predicted molar refractivity (Wildman–Crippen MR) is 104 cm³/mol. The minimum atomic E-state index is -0.0151. The summed E-state index contributed by atoms with van der Waals surface area (Å²) in [6, 6.07) is 9.24. The van der Waals surface area contributed by atoms with Crippen LogP contribution in [0.2, 0.25) is 0 Å². The Hall–Kier alpha value is -2.53. The second kappa shape index (κ2) is 7.61. The van der Waals surface area contributed by atoms with Gasteiger partial charge in [-0.15, -0.1) is 0 Å². The van der Waals surface area contributed by atoms with E-state index in [0.29, 0.717) is 29.2 Å². The number of fused-ring (bicyclic) bond motifs is 3. The molecule has 0 spiro atoms. The zero-order valence-corrected chi connectivity index (χ0v) is 15.9. The summed E-state index contributed by atoms with van der Waals surface area (Å²) < 4.78 is 17.0. The van der Waals surface area contributed by atoms with Crippen LogP contribution in [0.4, 0.5) is 0 Å². The molecule has 0 unspecified atom stereocenters. The molecule has 0 atom stereocenters. The maximum Gasteiger partial charge on any atom is 0.194 e. The van der Waals surface area contributed by atoms with Gasteiger partial charge in [0.1, 0.15) is 23.9 Å². The number of ketones is 1. The zero-order valence-electron chi connectivity index (χ0n) is 15.9. The molecule has 0 bridgehead atoms. The van der Waals surface area contributed by atoms with Crippen LogP contribution in [-0.2, 0) is 0 Å². The summed E-state index contributed by atoms with van der Waals surface area (Å²) >= 11 is 0. The molecule has 2 aliphatic rings. The molecule has 1 saturated heterocycles. The highest BCUT2D eigenvalue weighted by Crippen LogP contribution is 2.48. The zero-order chi connectivity index (χ0) is 18.8. The van der Waals surface area contributed by atoms with E-state index in [0.717, 1.165) is 36.5 Å². The Kier molecular flexibility index (Phi) is 5.03. The van der Waals surface area contributed by atoms with Crippen molar-refractivity contribution >= 4 is 5.78 Å². The van der Waals surface area contributed by atoms with Crippen LogP contribution < -0.4 is 14.2 Å². The molecule has 142 valence electrons. The number of carbonyl (C=O) groups excluding carboxylic acids is 1. The van der Waals surface area contributed by atoms with Crippen LogP contribution in [0.5, 0.6) is 17.2 Å². The molecule has 5 nitrogen and oxygen atoms in total. The molecule has 1 aliphatic heterocycles. The molecular weight excluding hydrogens is 342 g/mol. The molecule has 5 heteroatoms. The quantitative estimate of drug-likeness (QED) is 0.664. The summed E-state index contributed by atoms with van der Waals surface area (Å²) in [7, 11) is 3.19. The number of methoxy groups -OCH3 is 2. The Morgan fingerprint density at radius 2 is 1.70 bits per heavy atom. The van der Waals surface area contributed by atoms with E-state index < -0.39 is 0 Å². The number of hydrogen-bond donors (Lipinski definition) is 0. The molecule has 0 N–H and O–H groups in total. The van der Waals surface area contributed by atoms with E-state index in [1.54, 1.807) is 20.3 Å². The van der Waals surface area contributed by atoms with Gasteiger partial charge in [0.25, 0.3) is 0 Å². The normalized spacial score (nSPS) is 16.0. The number of rotatable bonds is 6. The van der Waals surface area contributed by atoms with Crippen molar-refractivity contribution < 1.29 is 19.0 Å². The first-order valence-electron chi connectivity index (χ1n) is 9.52. The highest BCUT2D eigenvalue weighted by Gasteiger charge is 2.33. The van der Waals surface area contributed by atoms with Gasteiger partial charge >= 0.3 is 0 Å². The molecular formula is C22H25NO4. The van der Waals surface area contributed by atoms with Gasteiger partial charge < -0.3 is 14.2 Å². The lowest BCUT2D eigenvalue weighted by molar-refractivity contribution is 0.104. The second-order valence-corrected chi connectivity index (χ2v) is 7.01. The number of piperidine rings is 1. The van der Waals surface area contributed by atoms with Crippen LogP contribution in [0.15, 0.2) is 30.3 Å². The molecule has 27 heavy (non-hydrogen) atoms. The van der Waals surface area contributed by atoms with Crippen LogP contribution in [0.3, 0.4) is 0 Å². The van der Waals surface area contributed by atoms with Crippen LogP contribution in [0, 0.1) is 0 Å². The molecule has 0 amide bonds. The lowest BCUT2D eigenvalue weighted by Gasteiger charge is -2.26. The van der Waals surface area contributed by atoms with Gasteiger partial charge in [-0.3, -0.25) is 9.69 Å². The van der Waals surface area contributed by atoms with E-state index >= 15 is 0 Å². The van der Waals surface area contributed by atoms with E-state index in [-0.39, 0.29) is 5.78 Å². The minimum absolute atomic E-state index is 0.0151. The number of benzene rings is 2. The third-order valence-corrected chi connectivity index (χ3v) is 5.41. The first kappa shape index (κ1) is 17.9. The van der Waals surface area contributed by atoms with E-state index in [4.69, 9.17) is 14.2 Å². The topological polar surface area (TPSA) is 48.0 Å². The molecule has 0 saturated carbocycles. The van der Waals surface area contributed by atoms with Crippen molar-refractivity contribution in [2.45, 2.75) is 19.3 Å². The van der Waals surface area contributed by atoms with Gasteiger partial charge in [-0.2, -0.15) is 0 Å². The van der Waals surface area contributed by atoms with Crippen LogP contribution in [-0.4, -0.2) is 51.1 Å². The summed E-state index contributed by atoms with van der Waals surface area (Å²) in [4.78, 5) is 15.4. The second-order valence-electron chi connectivity index (χ2n) is 7.01. The van der Waals surface area contributed by atoms with Gasteiger partial charge in [-0.1, -0.05) is 18.6 Å². The SMILES string of the molecule is COc1cc(OC)c2c(c1)C(=O)c1cccc(OCCN3CCCCC3)c1-2. The van der Waals surface area contributed by atoms with Crippen LogP contribution >= 0.6 is 0 Å². The molecule has 2 aromatic carbocycles. The highest BCUT2D eigenvalue weighted by molar-refractivity contribution is 6.23. The number of carbonyl (C=O) groups is 1. The van der Waals surface area contributed by atoms with Crippen molar-refractivity contribution in [1.82, 2.24) is 4.90 Å². The monoisotopic (exact) mass is 367 g/mol. The lowest BCUT2D eigenvalue weighted by atomic mass is 10.0. The van der Waals surface area contributed by atoms with Crippen LogP contribution in [0.1, 0.15) is 35.2 Å². The largest absolute Gasteiger partial charge is 0.497 e. The van der Waals surface area contributed by atoms with Crippen molar-refractivity contribution in [3.8, 4) is 28.4 Å². The Balaban J connectivity index is 1.64.